The van der Waals surface area contributed by atoms with Gasteiger partial charge < -0.3 is 4.74 Å². The Kier molecular flexibility index (Phi) is 4.29. The van der Waals surface area contributed by atoms with Crippen LogP contribution in [-0.2, 0) is 0 Å². The van der Waals surface area contributed by atoms with Crippen molar-refractivity contribution in [1.29, 1.82) is 0 Å². The van der Waals surface area contributed by atoms with E-state index in [1.807, 2.05) is 0 Å². The molecule has 2 aromatic carbocycles. The molecule has 0 atom stereocenters. The minimum atomic E-state index is 0.462. The predicted octanol–water partition coefficient (Wildman–Crippen LogP) is 5.98. The van der Waals surface area contributed by atoms with E-state index in [2.05, 4.69) is 0 Å². The van der Waals surface area contributed by atoms with Crippen molar-refractivity contribution in [2.24, 2.45) is 0 Å². The molecule has 0 radical (unpaired) electrons. The van der Waals surface area contributed by atoms with Crippen LogP contribution in [0.2, 0.25) is 20.1 Å². The van der Waals surface area contributed by atoms with Crippen LogP contribution in [0.15, 0.2) is 30.3 Å². The number of halogens is 4. The lowest BCUT2D eigenvalue weighted by Gasteiger charge is -2.11. The van der Waals surface area contributed by atoms with Crippen LogP contribution >= 0.6 is 46.4 Å². The number of hydrogen-bond donors (Lipinski definition) is 0. The molecule has 18 heavy (non-hydrogen) atoms. The highest BCUT2D eigenvalue weighted by atomic mass is 35.5. The van der Waals surface area contributed by atoms with Crippen molar-refractivity contribution in [1.82, 2.24) is 0 Å². The Morgan fingerprint density at radius 3 is 2.00 bits per heavy atom. The van der Waals surface area contributed by atoms with E-state index in [0.717, 1.165) is 0 Å². The van der Waals surface area contributed by atoms with E-state index in [9.17, 15) is 0 Å². The number of hydrogen-bond acceptors (Lipinski definition) is 1. The summed E-state index contributed by atoms with van der Waals surface area (Å²) >= 11 is 24.5. The average molecular weight is 322 g/mol. The van der Waals surface area contributed by atoms with Crippen LogP contribution in [0.5, 0.6) is 5.75 Å². The summed E-state index contributed by atoms with van der Waals surface area (Å²) in [6, 6.07) is 8.50. The van der Waals surface area contributed by atoms with Crippen LogP contribution in [0.1, 0.15) is 0 Å². The van der Waals surface area contributed by atoms with Gasteiger partial charge in [-0.3, -0.25) is 0 Å². The van der Waals surface area contributed by atoms with E-state index in [4.69, 9.17) is 51.1 Å². The van der Waals surface area contributed by atoms with Crippen molar-refractivity contribution in [3.63, 3.8) is 0 Å². The van der Waals surface area contributed by atoms with Crippen molar-refractivity contribution in [2.75, 3.05) is 7.11 Å². The number of ether oxygens (including phenoxy) is 1. The van der Waals surface area contributed by atoms with Gasteiger partial charge in [0.05, 0.1) is 17.2 Å². The number of rotatable bonds is 2. The first kappa shape index (κ1) is 13.8. The van der Waals surface area contributed by atoms with Gasteiger partial charge >= 0.3 is 0 Å². The summed E-state index contributed by atoms with van der Waals surface area (Å²) in [6.07, 6.45) is 0. The maximum absolute atomic E-state index is 6.21. The topological polar surface area (TPSA) is 9.23 Å². The molecule has 0 aliphatic rings. The van der Waals surface area contributed by atoms with Crippen molar-refractivity contribution < 1.29 is 4.74 Å². The third-order valence-electron chi connectivity index (χ3n) is 2.45. The minimum Gasteiger partial charge on any atom is -0.497 e. The minimum absolute atomic E-state index is 0.462. The Hall–Kier alpha value is -0.600. The van der Waals surface area contributed by atoms with E-state index >= 15 is 0 Å². The maximum Gasteiger partial charge on any atom is 0.121 e. The lowest BCUT2D eigenvalue weighted by molar-refractivity contribution is 0.415. The Bertz CT molecular complexity index is 573. The molecular weight excluding hydrogens is 314 g/mol. The summed E-state index contributed by atoms with van der Waals surface area (Å²) in [5, 5.41) is 2.03. The average Bonchev–Trinajstić information content (AvgIpc) is 2.32. The second-order valence-corrected chi connectivity index (χ2v) is 5.25. The van der Waals surface area contributed by atoms with Gasteiger partial charge in [-0.15, -0.1) is 0 Å². The molecule has 1 nitrogen and oxygen atoms in total. The molecule has 0 spiro atoms. The molecule has 0 aromatic heterocycles. The normalized spacial score (nSPS) is 10.5. The second-order valence-electron chi connectivity index (χ2n) is 3.59. The summed E-state index contributed by atoms with van der Waals surface area (Å²) < 4.78 is 5.09. The molecule has 0 saturated carbocycles. The molecule has 0 bridgehead atoms. The molecule has 0 unspecified atom stereocenters. The fourth-order valence-corrected chi connectivity index (χ4v) is 2.67. The van der Waals surface area contributed by atoms with Crippen LogP contribution in [-0.4, -0.2) is 7.11 Å². The zero-order valence-corrected chi connectivity index (χ0v) is 12.3. The van der Waals surface area contributed by atoms with Gasteiger partial charge in [0.2, 0.25) is 0 Å². The lowest BCUT2D eigenvalue weighted by Crippen LogP contribution is -1.88. The van der Waals surface area contributed by atoms with Gasteiger partial charge in [0.1, 0.15) is 5.75 Å². The van der Waals surface area contributed by atoms with E-state index < -0.39 is 0 Å². The largest absolute Gasteiger partial charge is 0.497 e. The highest BCUT2D eigenvalue weighted by molar-refractivity contribution is 6.41. The fourth-order valence-electron chi connectivity index (χ4n) is 1.61. The monoisotopic (exact) mass is 320 g/mol. The molecule has 0 aliphatic heterocycles. The van der Waals surface area contributed by atoms with E-state index in [0.29, 0.717) is 37.0 Å². The smallest absolute Gasteiger partial charge is 0.121 e. The molecular formula is C13H8Cl4O. The summed E-state index contributed by atoms with van der Waals surface area (Å²) in [5.41, 5.74) is 1.34. The number of benzene rings is 2. The van der Waals surface area contributed by atoms with Crippen molar-refractivity contribution >= 4 is 46.4 Å². The highest BCUT2D eigenvalue weighted by Crippen LogP contribution is 2.41. The SMILES string of the molecule is COc1cc(Cl)c(-c2cc(Cl)ccc2Cl)c(Cl)c1. The molecule has 0 amide bonds. The fraction of sp³-hybridized carbons (Fsp3) is 0.0769. The molecule has 94 valence electrons. The summed E-state index contributed by atoms with van der Waals surface area (Å²) in [5.74, 6) is 0.590. The van der Waals surface area contributed by atoms with Crippen molar-refractivity contribution in [3.8, 4) is 16.9 Å². The second kappa shape index (κ2) is 5.58. The van der Waals surface area contributed by atoms with Gasteiger partial charge in [-0.2, -0.15) is 0 Å². The first-order valence-corrected chi connectivity index (χ1v) is 6.52. The van der Waals surface area contributed by atoms with Crippen LogP contribution in [0.4, 0.5) is 0 Å². The molecule has 0 saturated heterocycles. The Morgan fingerprint density at radius 2 is 1.44 bits per heavy atom. The van der Waals surface area contributed by atoms with Gasteiger partial charge in [-0.05, 0) is 30.3 Å². The van der Waals surface area contributed by atoms with Gasteiger partial charge in [0.25, 0.3) is 0 Å². The first-order valence-electron chi connectivity index (χ1n) is 5.01. The summed E-state index contributed by atoms with van der Waals surface area (Å²) in [6.45, 7) is 0. The highest BCUT2D eigenvalue weighted by Gasteiger charge is 2.14. The lowest BCUT2D eigenvalue weighted by atomic mass is 10.1. The Morgan fingerprint density at radius 1 is 0.833 bits per heavy atom. The van der Waals surface area contributed by atoms with E-state index in [1.54, 1.807) is 37.4 Å². The van der Waals surface area contributed by atoms with Gasteiger partial charge in [0.15, 0.2) is 0 Å². The predicted molar refractivity (Wildman–Crippen MR) is 78.5 cm³/mol. The summed E-state index contributed by atoms with van der Waals surface area (Å²) in [7, 11) is 1.55. The first-order chi connectivity index (χ1) is 8.52. The third kappa shape index (κ3) is 2.70. The summed E-state index contributed by atoms with van der Waals surface area (Å²) in [4.78, 5) is 0. The molecule has 5 heteroatoms. The zero-order chi connectivity index (χ0) is 13.3. The quantitative estimate of drug-likeness (QED) is 0.661. The zero-order valence-electron chi connectivity index (χ0n) is 9.31. The van der Waals surface area contributed by atoms with Crippen molar-refractivity contribution in [2.45, 2.75) is 0 Å². The van der Waals surface area contributed by atoms with Crippen LogP contribution in [0.25, 0.3) is 11.1 Å². The van der Waals surface area contributed by atoms with Gasteiger partial charge in [0, 0.05) is 21.2 Å². The standard InChI is InChI=1S/C13H8Cl4O/c1-18-8-5-11(16)13(12(17)6-8)9-4-7(14)2-3-10(9)15/h2-6H,1H3. The molecule has 0 N–H and O–H groups in total. The Labute approximate surface area is 125 Å². The molecule has 0 fully saturated rings. The van der Waals surface area contributed by atoms with E-state index in [1.165, 1.54) is 0 Å². The number of methoxy groups -OCH3 is 1. The van der Waals surface area contributed by atoms with Crippen LogP contribution in [0.3, 0.4) is 0 Å². The molecule has 0 aliphatic carbocycles. The molecule has 2 aromatic rings. The van der Waals surface area contributed by atoms with Gasteiger partial charge in [-0.25, -0.2) is 0 Å². The maximum atomic E-state index is 6.21. The third-order valence-corrected chi connectivity index (χ3v) is 3.61. The van der Waals surface area contributed by atoms with Crippen molar-refractivity contribution in [3.05, 3.63) is 50.4 Å². The molecule has 2 rings (SSSR count). The Balaban J connectivity index is 2.67. The van der Waals surface area contributed by atoms with Crippen LogP contribution in [0, 0.1) is 0 Å². The molecule has 0 heterocycles. The van der Waals surface area contributed by atoms with Crippen LogP contribution < -0.4 is 4.74 Å². The van der Waals surface area contributed by atoms with E-state index in [-0.39, 0.29) is 0 Å². The van der Waals surface area contributed by atoms with Gasteiger partial charge in [-0.1, -0.05) is 46.4 Å².